The van der Waals surface area contributed by atoms with Gasteiger partial charge in [-0.1, -0.05) is 0 Å². The van der Waals surface area contributed by atoms with Crippen molar-refractivity contribution in [1.29, 1.82) is 0 Å². The van der Waals surface area contributed by atoms with E-state index in [9.17, 15) is 9.36 Å². The number of amides is 2. The van der Waals surface area contributed by atoms with Gasteiger partial charge in [0.25, 0.3) is 0 Å². The van der Waals surface area contributed by atoms with Gasteiger partial charge < -0.3 is 10.6 Å². The van der Waals surface area contributed by atoms with E-state index >= 15 is 0 Å². The van der Waals surface area contributed by atoms with Crippen LogP contribution in [0.1, 0.15) is 6.92 Å². The number of hydrogen-bond donors (Lipinski definition) is 3. The van der Waals surface area contributed by atoms with Gasteiger partial charge in [-0.3, -0.25) is 4.57 Å². The second kappa shape index (κ2) is 3.50. The van der Waals surface area contributed by atoms with Crippen LogP contribution >= 0.6 is 7.37 Å². The first-order valence-corrected chi connectivity index (χ1v) is 4.85. The van der Waals surface area contributed by atoms with Crippen LogP contribution in [-0.2, 0) is 4.57 Å². The molecule has 0 aromatic heterocycles. The zero-order valence-corrected chi connectivity index (χ0v) is 7.13. The van der Waals surface area contributed by atoms with Gasteiger partial charge >= 0.3 is 6.03 Å². The molecule has 1 atom stereocenters. The van der Waals surface area contributed by atoms with Gasteiger partial charge in [-0.2, -0.15) is 5.10 Å². The molecular weight excluding hydrogens is 169 g/mol. The molecule has 0 saturated heterocycles. The first kappa shape index (κ1) is 10.1. The lowest BCUT2D eigenvalue weighted by Gasteiger charge is -2.02. The Labute approximate surface area is 63.9 Å². The van der Waals surface area contributed by atoms with Crippen LogP contribution in [0.3, 0.4) is 0 Å². The van der Waals surface area contributed by atoms with Gasteiger partial charge in [-0.25, -0.2) is 10.2 Å². The third-order valence-corrected chi connectivity index (χ3v) is 2.23. The number of carbonyl (C=O) groups is 1. The highest BCUT2D eigenvalue weighted by Crippen LogP contribution is 2.36. The van der Waals surface area contributed by atoms with E-state index in [1.54, 1.807) is 0 Å². The average Bonchev–Trinajstić information content (AvgIpc) is 1.80. The number of hydrogen-bond acceptors (Lipinski definition) is 3. The van der Waals surface area contributed by atoms with Crippen LogP contribution in [0.4, 0.5) is 4.79 Å². The zero-order valence-electron chi connectivity index (χ0n) is 6.24. The monoisotopic (exact) mass is 179 g/mol. The van der Waals surface area contributed by atoms with Crippen molar-refractivity contribution in [2.45, 2.75) is 6.92 Å². The van der Waals surface area contributed by atoms with Gasteiger partial charge in [0.1, 0.15) is 5.45 Å². The van der Waals surface area contributed by atoms with Crippen LogP contribution in [-0.4, -0.2) is 23.0 Å². The quantitative estimate of drug-likeness (QED) is 0.313. The maximum absolute atomic E-state index is 10.8. The topological polar surface area (TPSA) is 105 Å². The van der Waals surface area contributed by atoms with Crippen LogP contribution in [0.25, 0.3) is 0 Å². The molecule has 4 N–H and O–H groups in total. The van der Waals surface area contributed by atoms with Crippen molar-refractivity contribution in [2.24, 2.45) is 10.8 Å². The molecule has 0 aliphatic carbocycles. The summed E-state index contributed by atoms with van der Waals surface area (Å²) in [5.74, 6) is 0. The van der Waals surface area contributed by atoms with Gasteiger partial charge in [-0.05, 0) is 6.92 Å². The summed E-state index contributed by atoms with van der Waals surface area (Å²) in [5, 5.41) is 3.27. The fourth-order valence-corrected chi connectivity index (χ4v) is 0.464. The Morgan fingerprint density at radius 3 is 2.45 bits per heavy atom. The lowest BCUT2D eigenvalue weighted by Crippen LogP contribution is -2.25. The standard InChI is InChI=1S/C4H10N3O3P/c1-3(11(2,9)10)6-7-4(5)8/h1-2H3,(H,9,10)(H3,5,7,8)/b6-3+. The molecule has 0 bridgehead atoms. The molecule has 0 radical (unpaired) electrons. The summed E-state index contributed by atoms with van der Waals surface area (Å²) in [6.07, 6.45) is 0. The van der Waals surface area contributed by atoms with Crippen molar-refractivity contribution in [3.63, 3.8) is 0 Å². The van der Waals surface area contributed by atoms with E-state index < -0.39 is 13.4 Å². The summed E-state index contributed by atoms with van der Waals surface area (Å²) in [5.41, 5.74) is 6.46. The van der Waals surface area contributed by atoms with Gasteiger partial charge in [0.15, 0.2) is 0 Å². The Kier molecular flexibility index (Phi) is 3.22. The zero-order chi connectivity index (χ0) is 9.07. The smallest absolute Gasteiger partial charge is 0.332 e. The Balaban J connectivity index is 4.25. The molecule has 0 aromatic carbocycles. The summed E-state index contributed by atoms with van der Waals surface area (Å²) in [7, 11) is -3.33. The lowest BCUT2D eigenvalue weighted by molar-refractivity contribution is 0.249. The molecule has 2 amide bonds. The Bertz CT molecular complexity index is 231. The minimum absolute atomic E-state index is 0.0451. The van der Waals surface area contributed by atoms with E-state index in [1.165, 1.54) is 6.92 Å². The highest BCUT2D eigenvalue weighted by molar-refractivity contribution is 7.74. The molecular formula is C4H10N3O3P. The highest BCUT2D eigenvalue weighted by atomic mass is 31.2. The first-order chi connectivity index (χ1) is 4.84. The van der Waals surface area contributed by atoms with E-state index in [2.05, 4.69) is 10.8 Å². The number of rotatable bonds is 2. The van der Waals surface area contributed by atoms with E-state index in [1.807, 2.05) is 5.43 Å². The first-order valence-electron chi connectivity index (χ1n) is 2.74. The summed E-state index contributed by atoms with van der Waals surface area (Å²) in [4.78, 5) is 18.9. The molecule has 1 unspecified atom stereocenters. The van der Waals surface area contributed by atoms with Crippen LogP contribution in [0, 0.1) is 0 Å². The third-order valence-electron chi connectivity index (χ3n) is 0.928. The number of primary amides is 1. The summed E-state index contributed by atoms with van der Waals surface area (Å²) in [6.45, 7) is 2.45. The van der Waals surface area contributed by atoms with Crippen LogP contribution in [0.2, 0.25) is 0 Å². The molecule has 7 heteroatoms. The van der Waals surface area contributed by atoms with Crippen LogP contribution < -0.4 is 11.2 Å². The molecule has 0 spiro atoms. The number of nitrogens with zero attached hydrogens (tertiary/aromatic N) is 1. The average molecular weight is 179 g/mol. The highest BCUT2D eigenvalue weighted by Gasteiger charge is 2.14. The molecule has 0 aliphatic heterocycles. The predicted molar refractivity (Wildman–Crippen MR) is 41.6 cm³/mol. The maximum Gasteiger partial charge on any atom is 0.332 e. The number of nitrogens with one attached hydrogen (secondary N) is 1. The van der Waals surface area contributed by atoms with Crippen molar-refractivity contribution in [3.05, 3.63) is 0 Å². The van der Waals surface area contributed by atoms with Gasteiger partial charge in [0.2, 0.25) is 7.37 Å². The maximum atomic E-state index is 10.8. The van der Waals surface area contributed by atoms with Crippen molar-refractivity contribution < 1.29 is 14.3 Å². The van der Waals surface area contributed by atoms with Crippen molar-refractivity contribution in [1.82, 2.24) is 5.43 Å². The second-order valence-corrected chi connectivity index (χ2v) is 4.42. The molecule has 0 rings (SSSR count). The molecule has 11 heavy (non-hydrogen) atoms. The fraction of sp³-hybridized carbons (Fsp3) is 0.500. The third kappa shape index (κ3) is 4.52. The minimum atomic E-state index is -3.33. The van der Waals surface area contributed by atoms with E-state index in [0.717, 1.165) is 6.66 Å². The second-order valence-electron chi connectivity index (χ2n) is 2.01. The summed E-state index contributed by atoms with van der Waals surface area (Å²) >= 11 is 0. The van der Waals surface area contributed by atoms with Crippen molar-refractivity contribution >= 4 is 18.9 Å². The normalized spacial score (nSPS) is 17.2. The predicted octanol–water partition coefficient (Wildman–Crippen LogP) is -0.112. The van der Waals surface area contributed by atoms with E-state index in [4.69, 9.17) is 4.89 Å². The van der Waals surface area contributed by atoms with E-state index in [-0.39, 0.29) is 5.45 Å². The largest absolute Gasteiger partial charge is 0.350 e. The lowest BCUT2D eigenvalue weighted by atomic mass is 10.9. The van der Waals surface area contributed by atoms with Crippen molar-refractivity contribution in [2.75, 3.05) is 6.66 Å². The fourth-order valence-electron chi connectivity index (χ4n) is 0.229. The summed E-state index contributed by atoms with van der Waals surface area (Å²) in [6, 6.07) is -0.863. The SMILES string of the molecule is C/C(=N\NC(N)=O)P(C)(=O)O. The molecule has 0 fully saturated rings. The molecule has 64 valence electrons. The van der Waals surface area contributed by atoms with Gasteiger partial charge in [0.05, 0.1) is 0 Å². The molecule has 0 saturated carbocycles. The van der Waals surface area contributed by atoms with Crippen molar-refractivity contribution in [3.8, 4) is 0 Å². The number of hydrazone groups is 1. The molecule has 0 heterocycles. The molecule has 0 aliphatic rings. The Morgan fingerprint density at radius 1 is 1.73 bits per heavy atom. The Morgan fingerprint density at radius 2 is 2.18 bits per heavy atom. The Hall–Kier alpha value is -0.870. The van der Waals surface area contributed by atoms with E-state index in [0.29, 0.717) is 0 Å². The van der Waals surface area contributed by atoms with Crippen LogP contribution in [0.5, 0.6) is 0 Å². The van der Waals surface area contributed by atoms with Crippen LogP contribution in [0.15, 0.2) is 5.10 Å². The number of urea groups is 1. The molecule has 6 nitrogen and oxygen atoms in total. The van der Waals surface area contributed by atoms with Gasteiger partial charge in [-0.15, -0.1) is 0 Å². The number of nitrogens with two attached hydrogens (primary N) is 1. The van der Waals surface area contributed by atoms with Gasteiger partial charge in [0, 0.05) is 6.66 Å². The molecule has 0 aromatic rings. The minimum Gasteiger partial charge on any atom is -0.350 e. The summed E-state index contributed by atoms with van der Waals surface area (Å²) < 4.78 is 10.8. The number of carbonyl (C=O) groups excluding carboxylic acids is 1.